The molecule has 0 saturated heterocycles. The van der Waals surface area contributed by atoms with E-state index in [1.165, 1.54) is 56.3 Å². The van der Waals surface area contributed by atoms with Crippen LogP contribution < -0.4 is 0 Å². The Morgan fingerprint density at radius 1 is 1.00 bits per heavy atom. The highest BCUT2D eigenvalue weighted by atomic mass is 15.1. The van der Waals surface area contributed by atoms with Gasteiger partial charge in [0.1, 0.15) is 0 Å². The first-order chi connectivity index (χ1) is 10.9. The fraction of sp³-hybridized carbons (Fsp3) is 0.636. The highest BCUT2D eigenvalue weighted by Crippen LogP contribution is 2.42. The summed E-state index contributed by atoms with van der Waals surface area (Å²) in [5.74, 6) is 0. The highest BCUT2D eigenvalue weighted by Gasteiger charge is 2.28. The number of hydrogen-bond acceptors (Lipinski definition) is 1. The number of allylic oxidation sites excluding steroid dienone is 1. The second-order valence-corrected chi connectivity index (χ2v) is 8.07. The van der Waals surface area contributed by atoms with E-state index in [1.54, 1.807) is 11.1 Å². The fourth-order valence-corrected chi connectivity index (χ4v) is 3.84. The smallest absolute Gasteiger partial charge is 0.0199 e. The summed E-state index contributed by atoms with van der Waals surface area (Å²) in [5, 5.41) is 0. The van der Waals surface area contributed by atoms with Crippen LogP contribution >= 0.6 is 0 Å². The predicted octanol–water partition coefficient (Wildman–Crippen LogP) is 6.08. The molecule has 0 fully saturated rings. The molecule has 0 N–H and O–H groups in total. The standard InChI is InChI=1S/C22H35N/c1-6-14-23(15-7-2)17-20-16-22(4,5)13-12-21(20)19-10-8-18(3)9-11-19/h8-11H,6-7,12-17H2,1-5H3. The van der Waals surface area contributed by atoms with E-state index in [0.29, 0.717) is 5.41 Å². The van der Waals surface area contributed by atoms with Crippen LogP contribution in [0.1, 0.15) is 70.9 Å². The van der Waals surface area contributed by atoms with Crippen molar-refractivity contribution in [1.29, 1.82) is 0 Å². The van der Waals surface area contributed by atoms with Crippen molar-refractivity contribution in [3.05, 3.63) is 41.0 Å². The van der Waals surface area contributed by atoms with Crippen LogP contribution in [0.2, 0.25) is 0 Å². The number of nitrogens with zero attached hydrogens (tertiary/aromatic N) is 1. The molecule has 0 heterocycles. The zero-order valence-electron chi connectivity index (χ0n) is 15.9. The van der Waals surface area contributed by atoms with Gasteiger partial charge in [0, 0.05) is 6.54 Å². The first-order valence-corrected chi connectivity index (χ1v) is 9.45. The molecule has 0 aliphatic heterocycles. The van der Waals surface area contributed by atoms with Gasteiger partial charge in [-0.15, -0.1) is 0 Å². The van der Waals surface area contributed by atoms with Crippen LogP contribution in [0.25, 0.3) is 5.57 Å². The van der Waals surface area contributed by atoms with Crippen LogP contribution in [-0.2, 0) is 0 Å². The summed E-state index contributed by atoms with van der Waals surface area (Å²) in [4.78, 5) is 2.66. The number of aryl methyl sites for hydroxylation is 1. The van der Waals surface area contributed by atoms with Crippen molar-refractivity contribution in [2.45, 2.75) is 66.7 Å². The van der Waals surface area contributed by atoms with Crippen molar-refractivity contribution in [1.82, 2.24) is 4.90 Å². The molecule has 128 valence electrons. The van der Waals surface area contributed by atoms with Gasteiger partial charge in [-0.3, -0.25) is 4.90 Å². The molecule has 1 aliphatic rings. The van der Waals surface area contributed by atoms with Gasteiger partial charge in [0.2, 0.25) is 0 Å². The average Bonchev–Trinajstić information content (AvgIpc) is 2.48. The van der Waals surface area contributed by atoms with Gasteiger partial charge < -0.3 is 0 Å². The molecule has 0 bridgehead atoms. The minimum atomic E-state index is 0.452. The molecule has 0 aromatic heterocycles. The molecule has 2 rings (SSSR count). The molecule has 1 aliphatic carbocycles. The lowest BCUT2D eigenvalue weighted by atomic mass is 9.72. The second kappa shape index (κ2) is 8.15. The van der Waals surface area contributed by atoms with Gasteiger partial charge in [0.25, 0.3) is 0 Å². The zero-order valence-corrected chi connectivity index (χ0v) is 15.9. The molecule has 0 radical (unpaired) electrons. The Morgan fingerprint density at radius 2 is 1.61 bits per heavy atom. The Bertz CT molecular complexity index is 515. The molecule has 1 aromatic rings. The van der Waals surface area contributed by atoms with E-state index >= 15 is 0 Å². The van der Waals surface area contributed by atoms with Crippen molar-refractivity contribution >= 4 is 5.57 Å². The maximum absolute atomic E-state index is 2.66. The first-order valence-electron chi connectivity index (χ1n) is 9.45. The van der Waals surface area contributed by atoms with E-state index < -0.39 is 0 Å². The van der Waals surface area contributed by atoms with E-state index in [2.05, 4.69) is 63.8 Å². The molecule has 0 spiro atoms. The van der Waals surface area contributed by atoms with Gasteiger partial charge in [-0.1, -0.05) is 63.1 Å². The van der Waals surface area contributed by atoms with Crippen molar-refractivity contribution in [3.63, 3.8) is 0 Å². The van der Waals surface area contributed by atoms with Crippen molar-refractivity contribution in [2.75, 3.05) is 19.6 Å². The van der Waals surface area contributed by atoms with Crippen LogP contribution in [0.3, 0.4) is 0 Å². The Labute approximate surface area is 143 Å². The van der Waals surface area contributed by atoms with Crippen LogP contribution in [-0.4, -0.2) is 24.5 Å². The first kappa shape index (κ1) is 18.3. The van der Waals surface area contributed by atoms with Crippen LogP contribution in [0.15, 0.2) is 29.8 Å². The molecule has 23 heavy (non-hydrogen) atoms. The van der Waals surface area contributed by atoms with E-state index in [-0.39, 0.29) is 0 Å². The molecular weight excluding hydrogens is 278 g/mol. The summed E-state index contributed by atoms with van der Waals surface area (Å²) in [6, 6.07) is 9.17. The number of rotatable bonds is 7. The Kier molecular flexibility index (Phi) is 6.47. The fourth-order valence-electron chi connectivity index (χ4n) is 3.84. The van der Waals surface area contributed by atoms with Gasteiger partial charge in [-0.25, -0.2) is 0 Å². The van der Waals surface area contributed by atoms with Gasteiger partial charge in [-0.05, 0) is 68.7 Å². The SMILES string of the molecule is CCCN(CCC)CC1=C(c2ccc(C)cc2)CCC(C)(C)C1. The van der Waals surface area contributed by atoms with E-state index in [9.17, 15) is 0 Å². The molecule has 0 atom stereocenters. The molecule has 1 aromatic carbocycles. The molecule has 1 nitrogen and oxygen atoms in total. The molecule has 1 heteroatoms. The van der Waals surface area contributed by atoms with Gasteiger partial charge >= 0.3 is 0 Å². The van der Waals surface area contributed by atoms with E-state index in [0.717, 1.165) is 6.54 Å². The number of benzene rings is 1. The van der Waals surface area contributed by atoms with Crippen molar-refractivity contribution < 1.29 is 0 Å². The summed E-state index contributed by atoms with van der Waals surface area (Å²) in [7, 11) is 0. The highest BCUT2D eigenvalue weighted by molar-refractivity contribution is 5.70. The lowest BCUT2D eigenvalue weighted by Gasteiger charge is -2.36. The van der Waals surface area contributed by atoms with Crippen LogP contribution in [0.4, 0.5) is 0 Å². The predicted molar refractivity (Wildman–Crippen MR) is 103 cm³/mol. The van der Waals surface area contributed by atoms with Crippen LogP contribution in [0, 0.1) is 12.3 Å². The maximum atomic E-state index is 2.66. The third-order valence-electron chi connectivity index (χ3n) is 5.06. The summed E-state index contributed by atoms with van der Waals surface area (Å²) < 4.78 is 0. The monoisotopic (exact) mass is 313 g/mol. The van der Waals surface area contributed by atoms with Crippen molar-refractivity contribution in [2.24, 2.45) is 5.41 Å². The normalized spacial score (nSPS) is 17.8. The third-order valence-corrected chi connectivity index (χ3v) is 5.06. The second-order valence-electron chi connectivity index (χ2n) is 8.07. The van der Waals surface area contributed by atoms with Crippen molar-refractivity contribution in [3.8, 4) is 0 Å². The third kappa shape index (κ3) is 5.21. The van der Waals surface area contributed by atoms with Gasteiger partial charge in [-0.2, -0.15) is 0 Å². The topological polar surface area (TPSA) is 3.24 Å². The quantitative estimate of drug-likeness (QED) is 0.589. The lowest BCUT2D eigenvalue weighted by molar-refractivity contribution is 0.267. The Morgan fingerprint density at radius 3 is 2.17 bits per heavy atom. The maximum Gasteiger partial charge on any atom is 0.0199 e. The number of hydrogen-bond donors (Lipinski definition) is 0. The minimum Gasteiger partial charge on any atom is -0.299 e. The van der Waals surface area contributed by atoms with Crippen LogP contribution in [0.5, 0.6) is 0 Å². The summed E-state index contributed by atoms with van der Waals surface area (Å²) >= 11 is 0. The Hall–Kier alpha value is -1.08. The van der Waals surface area contributed by atoms with Gasteiger partial charge in [0.15, 0.2) is 0 Å². The Balaban J connectivity index is 2.30. The lowest BCUT2D eigenvalue weighted by Crippen LogP contribution is -2.31. The summed E-state index contributed by atoms with van der Waals surface area (Å²) in [5.41, 5.74) is 6.57. The minimum absolute atomic E-state index is 0.452. The summed E-state index contributed by atoms with van der Waals surface area (Å²) in [6.45, 7) is 15.2. The summed E-state index contributed by atoms with van der Waals surface area (Å²) in [6.07, 6.45) is 6.28. The average molecular weight is 314 g/mol. The van der Waals surface area contributed by atoms with E-state index in [4.69, 9.17) is 0 Å². The molecular formula is C22H35N. The molecule has 0 saturated carbocycles. The largest absolute Gasteiger partial charge is 0.299 e. The molecule has 0 unspecified atom stereocenters. The molecule has 0 amide bonds. The van der Waals surface area contributed by atoms with Gasteiger partial charge in [0.05, 0.1) is 0 Å². The zero-order chi connectivity index (χ0) is 16.9. The van der Waals surface area contributed by atoms with E-state index in [1.807, 2.05) is 0 Å².